The number of anilines is 2. The molecule has 2 amide bonds. The highest BCUT2D eigenvalue weighted by Gasteiger charge is 2.31. The molecule has 12 nitrogen and oxygen atoms in total. The fourth-order valence-electron chi connectivity index (χ4n) is 4.10. The summed E-state index contributed by atoms with van der Waals surface area (Å²) in [6.45, 7) is 1.66. The Bertz CT molecular complexity index is 1610. The van der Waals surface area contributed by atoms with Crippen LogP contribution in [0.25, 0.3) is 11.3 Å². The normalized spacial score (nSPS) is 11.1. The monoisotopic (exact) mass is 653 g/mol. The molecule has 3 aromatic carbocycles. The van der Waals surface area contributed by atoms with E-state index in [0.717, 1.165) is 0 Å². The van der Waals surface area contributed by atoms with Crippen LogP contribution in [0.5, 0.6) is 5.75 Å². The van der Waals surface area contributed by atoms with Crippen molar-refractivity contribution in [3.05, 3.63) is 96.3 Å². The highest BCUT2D eigenvalue weighted by atomic mass is 19.4. The van der Waals surface area contributed by atoms with E-state index in [9.17, 15) is 22.8 Å². The maximum absolute atomic E-state index is 12.7. The Morgan fingerprint density at radius 2 is 1.40 bits per heavy atom. The molecule has 0 spiro atoms. The molecule has 47 heavy (non-hydrogen) atoms. The van der Waals surface area contributed by atoms with E-state index in [1.165, 1.54) is 54.9 Å². The maximum Gasteiger partial charge on any atom is 0.573 e. The minimum atomic E-state index is -4.78. The molecular formula is C31H31BF3N5O7. The zero-order chi connectivity index (χ0) is 33.6. The Labute approximate surface area is 268 Å². The fraction of sp³-hybridized carbons (Fsp3) is 0.226. The quantitative estimate of drug-likeness (QED) is 0.0898. The lowest BCUT2D eigenvalue weighted by atomic mass is 9.80. The minimum Gasteiger partial charge on any atom is -0.423 e. The smallest absolute Gasteiger partial charge is 0.423 e. The molecule has 16 heteroatoms. The lowest BCUT2D eigenvalue weighted by molar-refractivity contribution is -0.274. The van der Waals surface area contributed by atoms with Gasteiger partial charge in [0.2, 0.25) is 0 Å². The lowest BCUT2D eigenvalue weighted by Crippen LogP contribution is -2.31. The van der Waals surface area contributed by atoms with Gasteiger partial charge in [-0.3, -0.25) is 9.59 Å². The van der Waals surface area contributed by atoms with Gasteiger partial charge in [0.25, 0.3) is 11.8 Å². The molecule has 1 aromatic heterocycles. The molecule has 0 bridgehead atoms. The van der Waals surface area contributed by atoms with Gasteiger partial charge >= 0.3 is 13.5 Å². The van der Waals surface area contributed by atoms with Crippen molar-refractivity contribution in [1.82, 2.24) is 20.6 Å². The summed E-state index contributed by atoms with van der Waals surface area (Å²) in [7, 11) is -1.59. The number of carbonyl (C=O) groups is 2. The summed E-state index contributed by atoms with van der Waals surface area (Å²) in [5, 5.41) is 26.7. The van der Waals surface area contributed by atoms with Crippen molar-refractivity contribution in [3.63, 3.8) is 0 Å². The summed E-state index contributed by atoms with van der Waals surface area (Å²) in [6, 6.07) is 19.6. The number of amides is 2. The Morgan fingerprint density at radius 1 is 0.766 bits per heavy atom. The number of nitrogens with zero attached hydrogens (tertiary/aromatic N) is 2. The van der Waals surface area contributed by atoms with E-state index in [0.29, 0.717) is 52.6 Å². The summed E-state index contributed by atoms with van der Waals surface area (Å²) >= 11 is 0. The van der Waals surface area contributed by atoms with Crippen molar-refractivity contribution in [3.8, 4) is 17.0 Å². The van der Waals surface area contributed by atoms with Gasteiger partial charge in [-0.15, -0.1) is 13.2 Å². The number of ether oxygens (including phenoxy) is 3. The number of hydrogen-bond acceptors (Lipinski definition) is 10. The Hall–Kier alpha value is -5.03. The largest absolute Gasteiger partial charge is 0.573 e. The van der Waals surface area contributed by atoms with Crippen molar-refractivity contribution >= 4 is 35.9 Å². The molecule has 0 aliphatic rings. The summed E-state index contributed by atoms with van der Waals surface area (Å²) in [4.78, 5) is 33.2. The fourth-order valence-corrected chi connectivity index (χ4v) is 4.10. The average molecular weight is 653 g/mol. The van der Waals surface area contributed by atoms with Gasteiger partial charge in [-0.1, -0.05) is 24.3 Å². The molecule has 0 unspecified atom stereocenters. The molecule has 0 radical (unpaired) electrons. The number of halogens is 3. The number of rotatable bonds is 16. The van der Waals surface area contributed by atoms with Gasteiger partial charge in [0.05, 0.1) is 32.1 Å². The predicted octanol–water partition coefficient (Wildman–Crippen LogP) is 2.66. The minimum absolute atomic E-state index is 0.258. The van der Waals surface area contributed by atoms with Gasteiger partial charge in [0.1, 0.15) is 17.9 Å². The molecule has 0 saturated carbocycles. The van der Waals surface area contributed by atoms with Crippen LogP contribution in [-0.4, -0.2) is 84.8 Å². The molecule has 0 aliphatic carbocycles. The first-order valence-corrected chi connectivity index (χ1v) is 14.3. The second-order valence-corrected chi connectivity index (χ2v) is 9.80. The number of nitrogens with one attached hydrogen (secondary N) is 3. The van der Waals surface area contributed by atoms with Crippen LogP contribution in [0.1, 0.15) is 20.7 Å². The van der Waals surface area contributed by atoms with Gasteiger partial charge in [0.15, 0.2) is 0 Å². The van der Waals surface area contributed by atoms with Gasteiger partial charge in [-0.05, 0) is 54.0 Å². The van der Waals surface area contributed by atoms with Crippen molar-refractivity contribution < 1.29 is 47.0 Å². The van der Waals surface area contributed by atoms with Crippen LogP contribution in [-0.2, 0) is 9.47 Å². The van der Waals surface area contributed by atoms with E-state index >= 15 is 0 Å². The maximum atomic E-state index is 12.7. The standard InChI is InChI=1S/C31H31BF3N5O7/c33-31(34,35)47-26-10-8-25(9-11-26)40-28-19-27(38-20-39-28)22-2-1-3-23(18-22)30(42)37-13-15-46-17-16-45-14-12-36-29(41)21-4-6-24(7-5-21)32(43)44/h1-11,18-20,43-44H,12-17H2,(H,36,41)(H,37,42)(H,38,39,40). The lowest BCUT2D eigenvalue weighted by Gasteiger charge is -2.11. The third-order valence-corrected chi connectivity index (χ3v) is 6.35. The van der Waals surface area contributed by atoms with Gasteiger partial charge in [-0.25, -0.2) is 9.97 Å². The highest BCUT2D eigenvalue weighted by Crippen LogP contribution is 2.26. The summed E-state index contributed by atoms with van der Waals surface area (Å²) < 4.78 is 52.0. The molecule has 4 aromatic rings. The zero-order valence-corrected chi connectivity index (χ0v) is 24.9. The number of aromatic nitrogens is 2. The SMILES string of the molecule is O=C(NCCOCCOCCNC(=O)c1cccc(-c2cc(Nc3ccc(OC(F)(F)F)cc3)ncn2)c1)c1ccc(B(O)O)cc1. The van der Waals surface area contributed by atoms with Crippen LogP contribution in [0.2, 0.25) is 0 Å². The summed E-state index contributed by atoms with van der Waals surface area (Å²) in [6.07, 6.45) is -3.45. The predicted molar refractivity (Wildman–Crippen MR) is 166 cm³/mol. The Kier molecular flexibility index (Phi) is 12.6. The number of benzene rings is 3. The van der Waals surface area contributed by atoms with Crippen LogP contribution in [0.3, 0.4) is 0 Å². The van der Waals surface area contributed by atoms with Crippen molar-refractivity contribution in [2.45, 2.75) is 6.36 Å². The molecule has 5 N–H and O–H groups in total. The first-order chi connectivity index (χ1) is 22.6. The molecule has 4 rings (SSSR count). The third-order valence-electron chi connectivity index (χ3n) is 6.35. The molecule has 0 atom stereocenters. The summed E-state index contributed by atoms with van der Waals surface area (Å²) in [5.41, 5.74) is 2.74. The first kappa shape index (κ1) is 34.8. The molecule has 0 aliphatic heterocycles. The van der Waals surface area contributed by atoms with Gasteiger partial charge in [0, 0.05) is 41.5 Å². The van der Waals surface area contributed by atoms with E-state index in [1.54, 1.807) is 30.3 Å². The molecule has 246 valence electrons. The Balaban J connectivity index is 1.13. The van der Waals surface area contributed by atoms with E-state index in [1.807, 2.05) is 0 Å². The molecule has 1 heterocycles. The zero-order valence-electron chi connectivity index (χ0n) is 24.9. The van der Waals surface area contributed by atoms with Crippen LogP contribution < -0.4 is 26.2 Å². The average Bonchev–Trinajstić information content (AvgIpc) is 3.06. The van der Waals surface area contributed by atoms with Crippen LogP contribution in [0, 0.1) is 0 Å². The molecule has 0 fully saturated rings. The second kappa shape index (κ2) is 17.0. The van der Waals surface area contributed by atoms with Gasteiger partial charge in [-0.2, -0.15) is 0 Å². The Morgan fingerprint density at radius 3 is 2.02 bits per heavy atom. The van der Waals surface area contributed by atoms with Crippen LogP contribution in [0.4, 0.5) is 24.7 Å². The van der Waals surface area contributed by atoms with E-state index < -0.39 is 13.5 Å². The number of hydrogen-bond donors (Lipinski definition) is 5. The molecule has 0 saturated heterocycles. The van der Waals surface area contributed by atoms with Crippen molar-refractivity contribution in [2.75, 3.05) is 44.8 Å². The van der Waals surface area contributed by atoms with Crippen molar-refractivity contribution in [1.29, 1.82) is 0 Å². The highest BCUT2D eigenvalue weighted by molar-refractivity contribution is 6.58. The number of alkyl halides is 3. The van der Waals surface area contributed by atoms with E-state index in [-0.39, 0.29) is 43.9 Å². The van der Waals surface area contributed by atoms with Gasteiger partial charge < -0.3 is 40.2 Å². The second-order valence-electron chi connectivity index (χ2n) is 9.80. The molecular weight excluding hydrogens is 622 g/mol. The van der Waals surface area contributed by atoms with Crippen LogP contribution in [0.15, 0.2) is 85.2 Å². The van der Waals surface area contributed by atoms with Crippen molar-refractivity contribution in [2.24, 2.45) is 0 Å². The third kappa shape index (κ3) is 11.7. The van der Waals surface area contributed by atoms with E-state index in [2.05, 4.69) is 30.7 Å². The summed E-state index contributed by atoms with van der Waals surface area (Å²) in [5.74, 6) is -0.564. The van der Waals surface area contributed by atoms with Crippen LogP contribution >= 0.6 is 0 Å². The van der Waals surface area contributed by atoms with E-state index in [4.69, 9.17) is 19.5 Å². The topological polar surface area (TPSA) is 164 Å². The number of carbonyl (C=O) groups excluding carboxylic acids is 2. The first-order valence-electron chi connectivity index (χ1n) is 14.3.